The van der Waals surface area contributed by atoms with E-state index in [1.54, 1.807) is 27.9 Å². The Labute approximate surface area is 162 Å². The van der Waals surface area contributed by atoms with Crippen LogP contribution in [0.5, 0.6) is 17.2 Å². The number of carbonyl (C=O) groups is 1. The zero-order valence-corrected chi connectivity index (χ0v) is 15.9. The molecule has 4 rings (SSSR count). The van der Waals surface area contributed by atoms with Gasteiger partial charge in [0.1, 0.15) is 0 Å². The predicted molar refractivity (Wildman–Crippen MR) is 101 cm³/mol. The fourth-order valence-corrected chi connectivity index (χ4v) is 3.41. The maximum absolute atomic E-state index is 13.4. The average molecular weight is 380 g/mol. The monoisotopic (exact) mass is 380 g/mol. The molecule has 0 spiro atoms. The molecule has 0 fully saturated rings. The van der Waals surface area contributed by atoms with Crippen LogP contribution in [0.1, 0.15) is 21.6 Å². The lowest BCUT2D eigenvalue weighted by Crippen LogP contribution is -2.29. The highest BCUT2D eigenvalue weighted by atomic mass is 16.5. The van der Waals surface area contributed by atoms with Crippen molar-refractivity contribution in [1.82, 2.24) is 19.9 Å². The maximum Gasteiger partial charge on any atom is 0.254 e. The molecule has 0 unspecified atom stereocenters. The van der Waals surface area contributed by atoms with E-state index in [0.717, 1.165) is 16.9 Å². The summed E-state index contributed by atoms with van der Waals surface area (Å²) in [6, 6.07) is 11.2. The van der Waals surface area contributed by atoms with Gasteiger partial charge in [-0.15, -0.1) is 5.10 Å². The van der Waals surface area contributed by atoms with Crippen LogP contribution in [0.4, 0.5) is 0 Å². The Kier molecular flexibility index (Phi) is 4.60. The van der Waals surface area contributed by atoms with E-state index in [-0.39, 0.29) is 5.91 Å². The maximum atomic E-state index is 13.4. The molecule has 28 heavy (non-hydrogen) atoms. The van der Waals surface area contributed by atoms with Gasteiger partial charge in [0.2, 0.25) is 5.75 Å². The molecular weight excluding hydrogens is 360 g/mol. The van der Waals surface area contributed by atoms with Crippen LogP contribution in [0.3, 0.4) is 0 Å². The fourth-order valence-electron chi connectivity index (χ4n) is 3.41. The molecule has 1 aliphatic heterocycles. The van der Waals surface area contributed by atoms with E-state index in [9.17, 15) is 4.79 Å². The minimum Gasteiger partial charge on any atom is -0.493 e. The number of hydrogen-bond donors (Lipinski definition) is 0. The number of aromatic nitrogens is 3. The van der Waals surface area contributed by atoms with Crippen molar-refractivity contribution in [2.45, 2.75) is 13.1 Å². The Morgan fingerprint density at radius 2 is 1.71 bits per heavy atom. The van der Waals surface area contributed by atoms with Gasteiger partial charge < -0.3 is 19.1 Å². The van der Waals surface area contributed by atoms with Crippen LogP contribution in [0, 0.1) is 0 Å². The van der Waals surface area contributed by atoms with Gasteiger partial charge in [-0.2, -0.15) is 0 Å². The minimum absolute atomic E-state index is 0.149. The fraction of sp³-hybridized carbons (Fsp3) is 0.250. The molecule has 0 N–H and O–H groups in total. The Balaban J connectivity index is 1.75. The minimum atomic E-state index is -0.149. The smallest absolute Gasteiger partial charge is 0.254 e. The van der Waals surface area contributed by atoms with E-state index in [4.69, 9.17) is 14.2 Å². The number of nitrogens with zero attached hydrogens (tertiary/aromatic N) is 4. The van der Waals surface area contributed by atoms with Gasteiger partial charge >= 0.3 is 0 Å². The van der Waals surface area contributed by atoms with Gasteiger partial charge in [-0.3, -0.25) is 4.79 Å². The van der Waals surface area contributed by atoms with Crippen LogP contribution in [-0.2, 0) is 13.1 Å². The number of amides is 1. The van der Waals surface area contributed by atoms with E-state index in [0.29, 0.717) is 35.9 Å². The molecule has 2 heterocycles. The molecule has 1 aliphatic rings. The summed E-state index contributed by atoms with van der Waals surface area (Å²) in [6.45, 7) is 0.839. The van der Waals surface area contributed by atoms with Crippen molar-refractivity contribution in [1.29, 1.82) is 0 Å². The molecule has 144 valence electrons. The molecule has 3 aromatic rings. The van der Waals surface area contributed by atoms with Crippen molar-refractivity contribution in [2.24, 2.45) is 0 Å². The molecule has 0 atom stereocenters. The van der Waals surface area contributed by atoms with Gasteiger partial charge in [0, 0.05) is 12.1 Å². The molecule has 0 saturated carbocycles. The molecule has 8 heteroatoms. The van der Waals surface area contributed by atoms with Crippen LogP contribution < -0.4 is 14.2 Å². The molecule has 1 aromatic heterocycles. The number of fused-ring (bicyclic) bond motifs is 3. The zero-order valence-electron chi connectivity index (χ0n) is 15.9. The zero-order chi connectivity index (χ0) is 19.7. The number of para-hydroxylation sites is 1. The number of hydrogen-bond acceptors (Lipinski definition) is 6. The molecule has 0 aliphatic carbocycles. The molecule has 0 bridgehead atoms. The van der Waals surface area contributed by atoms with Crippen molar-refractivity contribution in [2.75, 3.05) is 21.3 Å². The third-order valence-corrected chi connectivity index (χ3v) is 4.75. The molecular formula is C20H20N4O4. The summed E-state index contributed by atoms with van der Waals surface area (Å²) < 4.78 is 17.9. The van der Waals surface area contributed by atoms with E-state index in [1.165, 1.54) is 21.3 Å². The highest BCUT2D eigenvalue weighted by Crippen LogP contribution is 2.38. The Hall–Kier alpha value is -3.55. The number of carbonyl (C=O) groups excluding carboxylic acids is 1. The lowest BCUT2D eigenvalue weighted by Gasteiger charge is -2.22. The Morgan fingerprint density at radius 3 is 2.39 bits per heavy atom. The first-order valence-electron chi connectivity index (χ1n) is 8.73. The third-order valence-electron chi connectivity index (χ3n) is 4.75. The molecule has 1 amide bonds. The van der Waals surface area contributed by atoms with Crippen molar-refractivity contribution >= 4 is 5.91 Å². The normalized spacial score (nSPS) is 12.6. The van der Waals surface area contributed by atoms with Crippen molar-refractivity contribution in [3.63, 3.8) is 0 Å². The number of benzene rings is 2. The van der Waals surface area contributed by atoms with Gasteiger partial charge in [0.15, 0.2) is 11.5 Å². The van der Waals surface area contributed by atoms with Gasteiger partial charge in [0.25, 0.3) is 5.91 Å². The van der Waals surface area contributed by atoms with Gasteiger partial charge in [-0.05, 0) is 23.8 Å². The Morgan fingerprint density at radius 1 is 1.00 bits per heavy atom. The number of methoxy groups -OCH3 is 3. The Bertz CT molecular complexity index is 1010. The second kappa shape index (κ2) is 7.22. The highest BCUT2D eigenvalue weighted by molar-refractivity contribution is 5.95. The summed E-state index contributed by atoms with van der Waals surface area (Å²) in [5, 5.41) is 8.18. The second-order valence-electron chi connectivity index (χ2n) is 6.34. The first-order valence-corrected chi connectivity index (χ1v) is 8.73. The molecule has 0 saturated heterocycles. The van der Waals surface area contributed by atoms with Crippen LogP contribution in [-0.4, -0.2) is 47.1 Å². The SMILES string of the molecule is COc1cc(C(=O)N2Cc3ccccc3-n3nncc3C2)cc(OC)c1OC. The van der Waals surface area contributed by atoms with Crippen LogP contribution >= 0.6 is 0 Å². The first-order chi connectivity index (χ1) is 13.7. The lowest BCUT2D eigenvalue weighted by atomic mass is 10.1. The summed E-state index contributed by atoms with van der Waals surface area (Å²) >= 11 is 0. The lowest BCUT2D eigenvalue weighted by molar-refractivity contribution is 0.0729. The van der Waals surface area contributed by atoms with Crippen molar-refractivity contribution < 1.29 is 19.0 Å². The van der Waals surface area contributed by atoms with E-state index in [2.05, 4.69) is 10.3 Å². The topological polar surface area (TPSA) is 78.7 Å². The van der Waals surface area contributed by atoms with Crippen LogP contribution in [0.25, 0.3) is 5.69 Å². The average Bonchev–Trinajstić information content (AvgIpc) is 3.13. The largest absolute Gasteiger partial charge is 0.493 e. The van der Waals surface area contributed by atoms with Gasteiger partial charge in [0.05, 0.1) is 45.5 Å². The first kappa shape index (κ1) is 17.8. The molecule has 2 aromatic carbocycles. The summed E-state index contributed by atoms with van der Waals surface area (Å²) in [7, 11) is 4.58. The van der Waals surface area contributed by atoms with E-state index in [1.807, 2.05) is 24.3 Å². The van der Waals surface area contributed by atoms with Crippen LogP contribution in [0.2, 0.25) is 0 Å². The summed E-state index contributed by atoms with van der Waals surface area (Å²) in [5.74, 6) is 1.17. The molecule has 0 radical (unpaired) electrons. The van der Waals surface area contributed by atoms with Crippen LogP contribution in [0.15, 0.2) is 42.6 Å². The van der Waals surface area contributed by atoms with Crippen molar-refractivity contribution in [3.8, 4) is 22.9 Å². The molecule has 8 nitrogen and oxygen atoms in total. The van der Waals surface area contributed by atoms with E-state index >= 15 is 0 Å². The standard InChI is InChI=1S/C20H20N4O4/c1-26-17-8-14(9-18(27-2)19(17)28-3)20(25)23-11-13-6-4-5-7-16(13)24-15(12-23)10-21-22-24/h4-10H,11-12H2,1-3H3. The number of ether oxygens (including phenoxy) is 3. The van der Waals surface area contributed by atoms with Gasteiger partial charge in [-0.1, -0.05) is 23.4 Å². The highest BCUT2D eigenvalue weighted by Gasteiger charge is 2.26. The summed E-state index contributed by atoms with van der Waals surface area (Å²) in [4.78, 5) is 15.1. The summed E-state index contributed by atoms with van der Waals surface area (Å²) in [5.41, 5.74) is 3.21. The quantitative estimate of drug-likeness (QED) is 0.692. The summed E-state index contributed by atoms with van der Waals surface area (Å²) in [6.07, 6.45) is 1.68. The predicted octanol–water partition coefficient (Wildman–Crippen LogP) is 2.45. The van der Waals surface area contributed by atoms with Crippen molar-refractivity contribution in [3.05, 3.63) is 59.4 Å². The second-order valence-corrected chi connectivity index (χ2v) is 6.34. The van der Waals surface area contributed by atoms with Gasteiger partial charge in [-0.25, -0.2) is 4.68 Å². The van der Waals surface area contributed by atoms with E-state index < -0.39 is 0 Å². The third kappa shape index (κ3) is 2.92. The number of rotatable bonds is 4.